The van der Waals surface area contributed by atoms with E-state index in [1.54, 1.807) is 24.3 Å². The van der Waals surface area contributed by atoms with Gasteiger partial charge in [0.05, 0.1) is 4.90 Å². The van der Waals surface area contributed by atoms with Crippen molar-refractivity contribution in [1.82, 2.24) is 9.38 Å². The Morgan fingerprint density at radius 1 is 1.05 bits per heavy atom. The van der Waals surface area contributed by atoms with Crippen molar-refractivity contribution in [2.75, 3.05) is 25.3 Å². The van der Waals surface area contributed by atoms with Gasteiger partial charge >= 0.3 is 0 Å². The van der Waals surface area contributed by atoms with E-state index in [1.165, 1.54) is 6.26 Å². The van der Waals surface area contributed by atoms with Gasteiger partial charge in [0.2, 0.25) is 0 Å². The highest BCUT2D eigenvalue weighted by atomic mass is 32.2. The molecule has 0 atom stereocenters. The fourth-order valence-corrected chi connectivity index (χ4v) is 3.09. The third kappa shape index (κ3) is 2.46. The Bertz CT molecular complexity index is 926. The van der Waals surface area contributed by atoms with Crippen LogP contribution in [-0.4, -0.2) is 38.2 Å². The van der Waals surface area contributed by atoms with Gasteiger partial charge in [-0.05, 0) is 24.3 Å². The van der Waals surface area contributed by atoms with E-state index in [-0.39, 0.29) is 0 Å². The van der Waals surface area contributed by atoms with E-state index in [0.717, 1.165) is 22.7 Å². The number of rotatable bonds is 3. The van der Waals surface area contributed by atoms with E-state index in [1.807, 2.05) is 47.8 Å². The number of sulfone groups is 1. The second kappa shape index (κ2) is 5.14. The summed E-state index contributed by atoms with van der Waals surface area (Å²) in [5.74, 6) is 0.961. The molecule has 0 fully saturated rings. The quantitative estimate of drug-likeness (QED) is 0.745. The van der Waals surface area contributed by atoms with Crippen LogP contribution in [0, 0.1) is 0 Å². The van der Waals surface area contributed by atoms with Crippen molar-refractivity contribution in [3.63, 3.8) is 0 Å². The molecule has 0 aliphatic carbocycles. The van der Waals surface area contributed by atoms with Gasteiger partial charge < -0.3 is 4.90 Å². The smallest absolute Gasteiger partial charge is 0.175 e. The molecule has 2 aromatic heterocycles. The number of benzene rings is 1. The average Bonchev–Trinajstić information content (AvgIpc) is 2.86. The lowest BCUT2D eigenvalue weighted by Gasteiger charge is -2.14. The fourth-order valence-electron chi connectivity index (χ4n) is 2.46. The molecule has 0 radical (unpaired) electrons. The standard InChI is InChI=1S/C16H17N3O2S/c1-18(2)16-15(17-14-6-4-5-11-19(14)16)12-7-9-13(10-8-12)22(3,20)21/h4-11H,1-3H3. The van der Waals surface area contributed by atoms with Crippen LogP contribution in [0.2, 0.25) is 0 Å². The number of pyridine rings is 1. The summed E-state index contributed by atoms with van der Waals surface area (Å²) in [6, 6.07) is 12.7. The maximum atomic E-state index is 11.6. The van der Waals surface area contributed by atoms with Crippen LogP contribution >= 0.6 is 0 Å². The number of hydrogen-bond donors (Lipinski definition) is 0. The Morgan fingerprint density at radius 3 is 2.32 bits per heavy atom. The van der Waals surface area contributed by atoms with Crippen LogP contribution in [0.1, 0.15) is 0 Å². The zero-order chi connectivity index (χ0) is 15.9. The molecule has 3 aromatic rings. The molecule has 0 saturated carbocycles. The Kier molecular flexibility index (Phi) is 3.41. The number of anilines is 1. The van der Waals surface area contributed by atoms with Crippen LogP contribution in [-0.2, 0) is 9.84 Å². The number of hydrogen-bond acceptors (Lipinski definition) is 4. The second-order valence-electron chi connectivity index (χ2n) is 5.40. The van der Waals surface area contributed by atoms with Crippen molar-refractivity contribution in [3.8, 4) is 11.3 Å². The molecule has 114 valence electrons. The summed E-state index contributed by atoms with van der Waals surface area (Å²) in [4.78, 5) is 6.98. The molecule has 3 rings (SSSR count). The number of fused-ring (bicyclic) bond motifs is 1. The van der Waals surface area contributed by atoms with Gasteiger partial charge in [-0.15, -0.1) is 0 Å². The van der Waals surface area contributed by atoms with Crippen LogP contribution in [0.5, 0.6) is 0 Å². The summed E-state index contributed by atoms with van der Waals surface area (Å²) in [6.45, 7) is 0. The number of aromatic nitrogens is 2. The first-order valence-corrected chi connectivity index (χ1v) is 8.72. The molecule has 0 aliphatic heterocycles. The fraction of sp³-hybridized carbons (Fsp3) is 0.188. The molecule has 0 N–H and O–H groups in total. The molecule has 1 aromatic carbocycles. The second-order valence-corrected chi connectivity index (χ2v) is 7.42. The summed E-state index contributed by atoms with van der Waals surface area (Å²) in [6.07, 6.45) is 3.17. The molecular weight excluding hydrogens is 298 g/mol. The summed E-state index contributed by atoms with van der Waals surface area (Å²) >= 11 is 0. The summed E-state index contributed by atoms with van der Waals surface area (Å²) in [5.41, 5.74) is 2.57. The summed E-state index contributed by atoms with van der Waals surface area (Å²) in [7, 11) is 0.737. The normalized spacial score (nSPS) is 11.8. The first kappa shape index (κ1) is 14.6. The van der Waals surface area contributed by atoms with E-state index in [9.17, 15) is 8.42 Å². The van der Waals surface area contributed by atoms with Crippen LogP contribution in [0.4, 0.5) is 5.82 Å². The van der Waals surface area contributed by atoms with Gasteiger partial charge in [0, 0.05) is 32.1 Å². The molecule has 5 nitrogen and oxygen atoms in total. The van der Waals surface area contributed by atoms with Crippen molar-refractivity contribution >= 4 is 21.3 Å². The predicted molar refractivity (Wildman–Crippen MR) is 88.1 cm³/mol. The number of imidazole rings is 1. The lowest BCUT2D eigenvalue weighted by atomic mass is 10.1. The van der Waals surface area contributed by atoms with Crippen LogP contribution in [0.25, 0.3) is 16.9 Å². The minimum absolute atomic E-state index is 0.311. The third-order valence-corrected chi connectivity index (χ3v) is 4.61. The van der Waals surface area contributed by atoms with E-state index >= 15 is 0 Å². The SMILES string of the molecule is CN(C)c1c(-c2ccc(S(C)(=O)=O)cc2)nc2ccccn12. The van der Waals surface area contributed by atoms with Crippen LogP contribution < -0.4 is 4.90 Å². The van der Waals surface area contributed by atoms with Gasteiger partial charge in [0.25, 0.3) is 0 Å². The Labute approximate surface area is 129 Å². The molecule has 0 saturated heterocycles. The van der Waals surface area contributed by atoms with Gasteiger partial charge in [-0.1, -0.05) is 18.2 Å². The average molecular weight is 315 g/mol. The molecule has 0 aliphatic rings. The van der Waals surface area contributed by atoms with Gasteiger partial charge in [-0.25, -0.2) is 13.4 Å². The monoisotopic (exact) mass is 315 g/mol. The molecule has 6 heteroatoms. The highest BCUT2D eigenvalue weighted by molar-refractivity contribution is 7.90. The van der Waals surface area contributed by atoms with E-state index in [4.69, 9.17) is 0 Å². The zero-order valence-corrected chi connectivity index (χ0v) is 13.5. The Balaban J connectivity index is 2.20. The molecule has 0 bridgehead atoms. The predicted octanol–water partition coefficient (Wildman–Crippen LogP) is 2.47. The molecule has 22 heavy (non-hydrogen) atoms. The van der Waals surface area contributed by atoms with Gasteiger partial charge in [-0.3, -0.25) is 4.40 Å². The molecule has 0 amide bonds. The third-order valence-electron chi connectivity index (χ3n) is 3.48. The lowest BCUT2D eigenvalue weighted by molar-refractivity contribution is 0.602. The van der Waals surface area contributed by atoms with Crippen molar-refractivity contribution in [1.29, 1.82) is 0 Å². The minimum atomic E-state index is -3.19. The summed E-state index contributed by atoms with van der Waals surface area (Å²) in [5, 5.41) is 0. The maximum Gasteiger partial charge on any atom is 0.175 e. The highest BCUT2D eigenvalue weighted by Gasteiger charge is 2.16. The molecule has 0 spiro atoms. The molecule has 0 unspecified atom stereocenters. The van der Waals surface area contributed by atoms with E-state index in [0.29, 0.717) is 4.90 Å². The Hall–Kier alpha value is -2.34. The lowest BCUT2D eigenvalue weighted by Crippen LogP contribution is -2.12. The minimum Gasteiger partial charge on any atom is -0.362 e. The summed E-state index contributed by atoms with van der Waals surface area (Å²) < 4.78 is 25.2. The van der Waals surface area contributed by atoms with E-state index in [2.05, 4.69) is 4.98 Å². The van der Waals surface area contributed by atoms with Crippen molar-refractivity contribution in [2.45, 2.75) is 4.90 Å². The Morgan fingerprint density at radius 2 is 1.73 bits per heavy atom. The maximum absolute atomic E-state index is 11.6. The molecule has 2 heterocycles. The largest absolute Gasteiger partial charge is 0.362 e. The van der Waals surface area contributed by atoms with Gasteiger partial charge in [-0.2, -0.15) is 0 Å². The van der Waals surface area contributed by atoms with Crippen LogP contribution in [0.3, 0.4) is 0 Å². The number of nitrogens with zero attached hydrogens (tertiary/aromatic N) is 3. The van der Waals surface area contributed by atoms with Crippen molar-refractivity contribution in [2.24, 2.45) is 0 Å². The van der Waals surface area contributed by atoms with E-state index < -0.39 is 9.84 Å². The first-order chi connectivity index (χ1) is 10.4. The first-order valence-electron chi connectivity index (χ1n) is 6.83. The van der Waals surface area contributed by atoms with Gasteiger partial charge in [0.15, 0.2) is 9.84 Å². The highest BCUT2D eigenvalue weighted by Crippen LogP contribution is 2.30. The van der Waals surface area contributed by atoms with Crippen molar-refractivity contribution < 1.29 is 8.42 Å². The molecular formula is C16H17N3O2S. The van der Waals surface area contributed by atoms with Crippen molar-refractivity contribution in [3.05, 3.63) is 48.7 Å². The zero-order valence-electron chi connectivity index (χ0n) is 12.7. The van der Waals surface area contributed by atoms with Gasteiger partial charge in [0.1, 0.15) is 17.2 Å². The topological polar surface area (TPSA) is 54.7 Å². The van der Waals surface area contributed by atoms with Crippen LogP contribution in [0.15, 0.2) is 53.6 Å².